The topological polar surface area (TPSA) is 79.9 Å². The summed E-state index contributed by atoms with van der Waals surface area (Å²) >= 11 is 0. The Balaban J connectivity index is 2.13. The smallest absolute Gasteiger partial charge is 0.387 e. The number of para-hydroxylation sites is 1. The minimum Gasteiger partial charge on any atom is -0.434 e. The molecule has 1 heterocycles. The summed E-state index contributed by atoms with van der Waals surface area (Å²) in [7, 11) is 0. The summed E-state index contributed by atoms with van der Waals surface area (Å²) in [6.45, 7) is -1.26. The monoisotopic (exact) mass is 282 g/mol. The number of nitrogens with one attached hydrogen (secondary N) is 2. The van der Waals surface area contributed by atoms with Crippen LogP contribution >= 0.6 is 0 Å². The van der Waals surface area contributed by atoms with Gasteiger partial charge in [0.2, 0.25) is 0 Å². The van der Waals surface area contributed by atoms with Crippen molar-refractivity contribution < 1.29 is 18.3 Å². The van der Waals surface area contributed by atoms with Gasteiger partial charge in [-0.1, -0.05) is 18.2 Å². The Morgan fingerprint density at radius 1 is 1.40 bits per heavy atom. The van der Waals surface area contributed by atoms with E-state index >= 15 is 0 Å². The first kappa shape index (κ1) is 13.9. The lowest BCUT2D eigenvalue weighted by Crippen LogP contribution is -2.27. The molecule has 0 saturated heterocycles. The summed E-state index contributed by atoms with van der Waals surface area (Å²) in [6, 6.07) is 5.75. The van der Waals surface area contributed by atoms with Crippen LogP contribution in [-0.4, -0.2) is 27.9 Å². The van der Waals surface area contributed by atoms with Crippen molar-refractivity contribution in [3.8, 4) is 5.75 Å². The maximum atomic E-state index is 12.3. The number of carbonyl (C=O) groups excluding carboxylic acids is 1. The van der Waals surface area contributed by atoms with Crippen LogP contribution in [0.3, 0.4) is 0 Å². The second kappa shape index (κ2) is 6.09. The molecule has 0 fully saturated rings. The van der Waals surface area contributed by atoms with Gasteiger partial charge in [-0.25, -0.2) is 0 Å². The molecule has 0 aliphatic rings. The number of amides is 1. The van der Waals surface area contributed by atoms with E-state index in [9.17, 15) is 13.6 Å². The van der Waals surface area contributed by atoms with Crippen LogP contribution in [0.2, 0.25) is 0 Å². The molecule has 1 amide bonds. The Hall–Kier alpha value is -2.51. The number of ether oxygens (including phenoxy) is 1. The number of rotatable bonds is 5. The van der Waals surface area contributed by atoms with E-state index in [2.05, 4.69) is 25.5 Å². The van der Waals surface area contributed by atoms with E-state index in [-0.39, 0.29) is 11.4 Å². The maximum Gasteiger partial charge on any atom is 0.387 e. The molecule has 20 heavy (non-hydrogen) atoms. The van der Waals surface area contributed by atoms with Crippen molar-refractivity contribution in [3.05, 3.63) is 41.7 Å². The molecule has 6 nitrogen and oxygen atoms in total. The first-order valence-corrected chi connectivity index (χ1v) is 5.78. The molecule has 1 aromatic heterocycles. The van der Waals surface area contributed by atoms with Crippen LogP contribution in [0.4, 0.5) is 8.78 Å². The van der Waals surface area contributed by atoms with Crippen LogP contribution in [0.1, 0.15) is 29.0 Å². The van der Waals surface area contributed by atoms with Crippen LogP contribution in [0, 0.1) is 0 Å². The zero-order valence-electron chi connectivity index (χ0n) is 10.5. The summed E-state index contributed by atoms with van der Waals surface area (Å²) in [6.07, 6.45) is 1.27. The highest BCUT2D eigenvalue weighted by Crippen LogP contribution is 2.26. The molecule has 2 N–H and O–H groups in total. The Morgan fingerprint density at radius 3 is 2.80 bits per heavy atom. The molecule has 0 aliphatic carbocycles. The molecule has 1 atom stereocenters. The third-order valence-corrected chi connectivity index (χ3v) is 2.60. The Labute approximate surface area is 113 Å². The van der Waals surface area contributed by atoms with Crippen molar-refractivity contribution in [2.45, 2.75) is 19.6 Å². The number of halogens is 2. The van der Waals surface area contributed by atoms with Crippen molar-refractivity contribution in [2.24, 2.45) is 0 Å². The molecule has 1 unspecified atom stereocenters. The maximum absolute atomic E-state index is 12.3. The van der Waals surface area contributed by atoms with Crippen molar-refractivity contribution >= 4 is 5.91 Å². The first-order chi connectivity index (χ1) is 9.58. The van der Waals surface area contributed by atoms with E-state index in [1.54, 1.807) is 25.1 Å². The zero-order valence-corrected chi connectivity index (χ0v) is 10.5. The number of aromatic amines is 1. The zero-order chi connectivity index (χ0) is 14.5. The van der Waals surface area contributed by atoms with E-state index < -0.39 is 18.6 Å². The van der Waals surface area contributed by atoms with E-state index in [0.29, 0.717) is 5.56 Å². The Morgan fingerprint density at radius 2 is 2.15 bits per heavy atom. The van der Waals surface area contributed by atoms with E-state index in [4.69, 9.17) is 0 Å². The normalized spacial score (nSPS) is 12.2. The standard InChI is InChI=1S/C12H12F2N4O2/c1-7(16-11(19)9-6-15-18-17-9)8-4-2-3-5-10(8)20-12(13)14/h2-7,12H,1H3,(H,16,19)(H,15,17,18). The minimum absolute atomic E-state index is 0.0236. The lowest BCUT2D eigenvalue weighted by molar-refractivity contribution is -0.0506. The highest BCUT2D eigenvalue weighted by Gasteiger charge is 2.18. The number of hydrogen-bond acceptors (Lipinski definition) is 4. The average Bonchev–Trinajstić information content (AvgIpc) is 2.92. The van der Waals surface area contributed by atoms with Crippen molar-refractivity contribution in [3.63, 3.8) is 0 Å². The van der Waals surface area contributed by atoms with Crippen LogP contribution < -0.4 is 10.1 Å². The van der Waals surface area contributed by atoms with E-state index in [1.807, 2.05) is 0 Å². The number of alkyl halides is 2. The van der Waals surface area contributed by atoms with E-state index in [0.717, 1.165) is 0 Å². The summed E-state index contributed by atoms with van der Waals surface area (Å²) in [5.74, 6) is -0.437. The third kappa shape index (κ3) is 3.28. The summed E-state index contributed by atoms with van der Waals surface area (Å²) in [5, 5.41) is 12.1. The predicted molar refractivity (Wildman–Crippen MR) is 65.3 cm³/mol. The average molecular weight is 282 g/mol. The molecular weight excluding hydrogens is 270 g/mol. The molecule has 2 aromatic rings. The quantitative estimate of drug-likeness (QED) is 0.877. The Bertz CT molecular complexity index is 575. The highest BCUT2D eigenvalue weighted by atomic mass is 19.3. The van der Waals surface area contributed by atoms with E-state index in [1.165, 1.54) is 12.3 Å². The number of carbonyl (C=O) groups is 1. The largest absolute Gasteiger partial charge is 0.434 e. The second-order valence-corrected chi connectivity index (χ2v) is 3.97. The van der Waals surface area contributed by atoms with Gasteiger partial charge >= 0.3 is 6.61 Å². The predicted octanol–water partition coefficient (Wildman–Crippen LogP) is 1.90. The van der Waals surface area contributed by atoms with Gasteiger partial charge in [-0.15, -0.1) is 0 Å². The third-order valence-electron chi connectivity index (χ3n) is 2.60. The summed E-state index contributed by atoms with van der Waals surface area (Å²) in [4.78, 5) is 11.8. The number of H-pyrrole nitrogens is 1. The molecule has 106 valence electrons. The second-order valence-electron chi connectivity index (χ2n) is 3.97. The van der Waals surface area contributed by atoms with Crippen LogP contribution in [0.15, 0.2) is 30.5 Å². The molecule has 0 spiro atoms. The number of aromatic nitrogens is 3. The van der Waals surface area contributed by atoms with Gasteiger partial charge in [-0.05, 0) is 13.0 Å². The van der Waals surface area contributed by atoms with Gasteiger partial charge in [0.1, 0.15) is 5.75 Å². The van der Waals surface area contributed by atoms with Crippen LogP contribution in [-0.2, 0) is 0 Å². The van der Waals surface area contributed by atoms with Gasteiger partial charge in [-0.3, -0.25) is 4.79 Å². The molecule has 0 bridgehead atoms. The van der Waals surface area contributed by atoms with Gasteiger partial charge in [0.05, 0.1) is 12.2 Å². The summed E-state index contributed by atoms with van der Waals surface area (Å²) in [5.41, 5.74) is 0.564. The minimum atomic E-state index is -2.92. The molecule has 0 radical (unpaired) electrons. The number of benzene rings is 1. The fraction of sp³-hybridized carbons (Fsp3) is 0.250. The highest BCUT2D eigenvalue weighted by molar-refractivity contribution is 5.92. The molecule has 1 aromatic carbocycles. The molecule has 0 saturated carbocycles. The van der Waals surface area contributed by atoms with Crippen molar-refractivity contribution in [1.29, 1.82) is 0 Å². The van der Waals surface area contributed by atoms with Crippen molar-refractivity contribution in [1.82, 2.24) is 20.7 Å². The van der Waals surface area contributed by atoms with Gasteiger partial charge < -0.3 is 10.1 Å². The first-order valence-electron chi connectivity index (χ1n) is 5.78. The lowest BCUT2D eigenvalue weighted by Gasteiger charge is -2.17. The summed E-state index contributed by atoms with van der Waals surface area (Å²) < 4.78 is 29.1. The van der Waals surface area contributed by atoms with Gasteiger partial charge in [0.25, 0.3) is 5.91 Å². The number of hydrogen-bond donors (Lipinski definition) is 2. The van der Waals surface area contributed by atoms with Crippen molar-refractivity contribution in [2.75, 3.05) is 0 Å². The van der Waals surface area contributed by atoms with Crippen LogP contribution in [0.25, 0.3) is 0 Å². The molecule has 2 rings (SSSR count). The fourth-order valence-corrected chi connectivity index (χ4v) is 1.70. The molecule has 0 aliphatic heterocycles. The fourth-order valence-electron chi connectivity index (χ4n) is 1.70. The van der Waals surface area contributed by atoms with Gasteiger partial charge in [0.15, 0.2) is 5.69 Å². The SMILES string of the molecule is CC(NC(=O)c1cn[nH]n1)c1ccccc1OC(F)F. The van der Waals surface area contributed by atoms with Gasteiger partial charge in [0, 0.05) is 5.56 Å². The van der Waals surface area contributed by atoms with Crippen LogP contribution in [0.5, 0.6) is 5.75 Å². The molecular formula is C12H12F2N4O2. The lowest BCUT2D eigenvalue weighted by atomic mass is 10.1. The van der Waals surface area contributed by atoms with Gasteiger partial charge in [-0.2, -0.15) is 24.2 Å². The Kier molecular flexibility index (Phi) is 4.24. The number of nitrogens with zero attached hydrogens (tertiary/aromatic N) is 2. The molecule has 8 heteroatoms.